The van der Waals surface area contributed by atoms with Crippen molar-refractivity contribution in [2.45, 2.75) is 23.6 Å². The lowest BCUT2D eigenvalue weighted by Gasteiger charge is -2.04. The van der Waals surface area contributed by atoms with Crippen molar-refractivity contribution in [1.82, 2.24) is 0 Å². The zero-order chi connectivity index (χ0) is 13.4. The van der Waals surface area contributed by atoms with E-state index in [1.807, 2.05) is 32.1 Å². The molecular formula is C16H18S2. The molecule has 1 aromatic carbocycles. The Balaban J connectivity index is 2.76. The van der Waals surface area contributed by atoms with E-state index in [9.17, 15) is 0 Å². The summed E-state index contributed by atoms with van der Waals surface area (Å²) >= 11 is 3.43. The van der Waals surface area contributed by atoms with Crippen LogP contribution >= 0.6 is 23.5 Å². The lowest BCUT2D eigenvalue weighted by molar-refractivity contribution is 1.36. The van der Waals surface area contributed by atoms with Gasteiger partial charge in [-0.1, -0.05) is 54.9 Å². The van der Waals surface area contributed by atoms with E-state index in [0.717, 1.165) is 4.91 Å². The molecule has 2 heteroatoms. The molecule has 1 aromatic rings. The van der Waals surface area contributed by atoms with Crippen LogP contribution in [0.25, 0.3) is 0 Å². The summed E-state index contributed by atoms with van der Waals surface area (Å²) in [6.45, 7) is 11.7. The largest absolute Gasteiger partial charge is 0.0990 e. The van der Waals surface area contributed by atoms with Crippen molar-refractivity contribution in [2.75, 3.05) is 0 Å². The molecule has 0 nitrogen and oxygen atoms in total. The Morgan fingerprint density at radius 1 is 1.11 bits per heavy atom. The quantitative estimate of drug-likeness (QED) is 0.457. The third-order valence-corrected chi connectivity index (χ3v) is 3.84. The van der Waals surface area contributed by atoms with E-state index < -0.39 is 0 Å². The third kappa shape index (κ3) is 5.48. The van der Waals surface area contributed by atoms with Crippen LogP contribution in [0.15, 0.2) is 81.3 Å². The van der Waals surface area contributed by atoms with Crippen molar-refractivity contribution in [2.24, 2.45) is 0 Å². The summed E-state index contributed by atoms with van der Waals surface area (Å²) in [5.74, 6) is 0. The predicted molar refractivity (Wildman–Crippen MR) is 86.1 cm³/mol. The molecule has 0 aliphatic rings. The van der Waals surface area contributed by atoms with Crippen LogP contribution in [0.4, 0.5) is 0 Å². The van der Waals surface area contributed by atoms with E-state index in [4.69, 9.17) is 0 Å². The molecule has 0 aliphatic carbocycles. The zero-order valence-corrected chi connectivity index (χ0v) is 12.5. The molecule has 0 bridgehead atoms. The average Bonchev–Trinajstić information content (AvgIpc) is 2.31. The second kappa shape index (κ2) is 8.06. The van der Waals surface area contributed by atoms with Gasteiger partial charge in [-0.05, 0) is 49.1 Å². The van der Waals surface area contributed by atoms with E-state index in [1.54, 1.807) is 23.5 Å². The number of allylic oxidation sites excluding steroid dienone is 5. The van der Waals surface area contributed by atoms with E-state index in [2.05, 4.69) is 43.5 Å². The van der Waals surface area contributed by atoms with Gasteiger partial charge in [-0.3, -0.25) is 0 Å². The molecule has 18 heavy (non-hydrogen) atoms. The number of hydrogen-bond donors (Lipinski definition) is 0. The molecule has 0 aromatic heterocycles. The molecule has 0 unspecified atom stereocenters. The molecule has 0 amide bonds. The minimum atomic E-state index is 1.11. The fourth-order valence-corrected chi connectivity index (χ4v) is 2.90. The first-order valence-corrected chi connectivity index (χ1v) is 7.35. The molecule has 94 valence electrons. The van der Waals surface area contributed by atoms with Gasteiger partial charge >= 0.3 is 0 Å². The summed E-state index contributed by atoms with van der Waals surface area (Å²) in [4.78, 5) is 4.75. The minimum Gasteiger partial charge on any atom is -0.0990 e. The summed E-state index contributed by atoms with van der Waals surface area (Å²) < 4.78 is 0. The fourth-order valence-electron chi connectivity index (χ4n) is 1.32. The van der Waals surface area contributed by atoms with Gasteiger partial charge < -0.3 is 0 Å². The molecular weight excluding hydrogens is 256 g/mol. The summed E-state index contributed by atoms with van der Waals surface area (Å²) in [5, 5.41) is 0. The first-order chi connectivity index (χ1) is 8.65. The van der Waals surface area contributed by atoms with E-state index in [1.165, 1.54) is 14.7 Å². The van der Waals surface area contributed by atoms with Crippen LogP contribution in [0.1, 0.15) is 13.8 Å². The van der Waals surface area contributed by atoms with Gasteiger partial charge in [-0.25, -0.2) is 0 Å². The van der Waals surface area contributed by atoms with Gasteiger partial charge in [0.15, 0.2) is 0 Å². The Kier molecular flexibility index (Phi) is 6.69. The van der Waals surface area contributed by atoms with Crippen LogP contribution in [-0.2, 0) is 0 Å². The molecule has 0 spiro atoms. The second-order valence-corrected chi connectivity index (χ2v) is 6.20. The Labute approximate surface area is 119 Å². The summed E-state index contributed by atoms with van der Waals surface area (Å²) in [6, 6.07) is 8.53. The van der Waals surface area contributed by atoms with Crippen LogP contribution in [0, 0.1) is 0 Å². The van der Waals surface area contributed by atoms with Gasteiger partial charge in [0.25, 0.3) is 0 Å². The van der Waals surface area contributed by atoms with Crippen molar-refractivity contribution >= 4 is 23.5 Å². The van der Waals surface area contributed by atoms with Gasteiger partial charge in [0, 0.05) is 14.7 Å². The number of rotatable bonds is 6. The molecule has 0 N–H and O–H groups in total. The SMILES string of the molecule is C=C/C=C(\C=C/C)Sc1ccc(SC(=C)C)cc1. The van der Waals surface area contributed by atoms with Crippen LogP contribution < -0.4 is 0 Å². The zero-order valence-electron chi connectivity index (χ0n) is 10.8. The third-order valence-electron chi connectivity index (χ3n) is 1.96. The Hall–Kier alpha value is -1.12. The monoisotopic (exact) mass is 274 g/mol. The first-order valence-electron chi connectivity index (χ1n) is 5.72. The molecule has 0 aliphatic heterocycles. The smallest absolute Gasteiger partial charge is 0.0123 e. The highest BCUT2D eigenvalue weighted by atomic mass is 32.2. The standard InChI is InChI=1S/C16H18S2/c1-5-7-14(8-6-2)18-16-11-9-15(10-12-16)17-13(3)4/h5-12H,1,3H2,2,4H3/b8-6-,14-7+. The molecule has 0 atom stereocenters. The highest BCUT2D eigenvalue weighted by molar-refractivity contribution is 8.03. The van der Waals surface area contributed by atoms with Crippen molar-refractivity contribution in [1.29, 1.82) is 0 Å². The van der Waals surface area contributed by atoms with E-state index >= 15 is 0 Å². The van der Waals surface area contributed by atoms with Crippen LogP contribution in [0.3, 0.4) is 0 Å². The Morgan fingerprint density at radius 2 is 1.67 bits per heavy atom. The molecule has 0 saturated carbocycles. The molecule has 0 saturated heterocycles. The number of thioether (sulfide) groups is 2. The van der Waals surface area contributed by atoms with Crippen LogP contribution in [0.2, 0.25) is 0 Å². The lowest BCUT2D eigenvalue weighted by atomic mass is 10.4. The maximum Gasteiger partial charge on any atom is 0.0123 e. The van der Waals surface area contributed by atoms with Crippen molar-refractivity contribution in [3.8, 4) is 0 Å². The second-order valence-electron chi connectivity index (χ2n) is 3.68. The predicted octanol–water partition coefficient (Wildman–Crippen LogP) is 6.05. The highest BCUT2D eigenvalue weighted by Crippen LogP contribution is 2.31. The maximum absolute atomic E-state index is 3.90. The normalized spacial score (nSPS) is 11.8. The van der Waals surface area contributed by atoms with Gasteiger partial charge in [0.05, 0.1) is 0 Å². The molecule has 0 fully saturated rings. The maximum atomic E-state index is 3.90. The minimum absolute atomic E-state index is 1.11. The molecule has 1 rings (SSSR count). The Bertz CT molecular complexity index is 464. The van der Waals surface area contributed by atoms with E-state index in [-0.39, 0.29) is 0 Å². The van der Waals surface area contributed by atoms with Crippen LogP contribution in [0.5, 0.6) is 0 Å². The topological polar surface area (TPSA) is 0 Å². The van der Waals surface area contributed by atoms with Gasteiger partial charge in [0.1, 0.15) is 0 Å². The summed E-state index contributed by atoms with van der Waals surface area (Å²) in [6.07, 6.45) is 7.95. The summed E-state index contributed by atoms with van der Waals surface area (Å²) in [5.41, 5.74) is 0. The average molecular weight is 274 g/mol. The Morgan fingerprint density at radius 3 is 2.11 bits per heavy atom. The van der Waals surface area contributed by atoms with Gasteiger partial charge in [0.2, 0.25) is 0 Å². The van der Waals surface area contributed by atoms with Crippen molar-refractivity contribution in [3.63, 3.8) is 0 Å². The summed E-state index contributed by atoms with van der Waals surface area (Å²) in [7, 11) is 0. The molecule has 0 heterocycles. The van der Waals surface area contributed by atoms with Crippen molar-refractivity contribution in [3.05, 3.63) is 71.5 Å². The molecule has 0 radical (unpaired) electrons. The number of hydrogen-bond acceptors (Lipinski definition) is 2. The van der Waals surface area contributed by atoms with Gasteiger partial charge in [-0.2, -0.15) is 0 Å². The fraction of sp³-hybridized carbons (Fsp3) is 0.125. The van der Waals surface area contributed by atoms with E-state index in [0.29, 0.717) is 0 Å². The first kappa shape index (κ1) is 14.9. The lowest BCUT2D eigenvalue weighted by Crippen LogP contribution is -1.75. The van der Waals surface area contributed by atoms with Crippen LogP contribution in [-0.4, -0.2) is 0 Å². The number of benzene rings is 1. The highest BCUT2D eigenvalue weighted by Gasteiger charge is 1.98. The van der Waals surface area contributed by atoms with Gasteiger partial charge in [-0.15, -0.1) is 0 Å². The van der Waals surface area contributed by atoms with Crippen molar-refractivity contribution < 1.29 is 0 Å².